The molecule has 0 aliphatic carbocycles. The van der Waals surface area contributed by atoms with Crippen molar-refractivity contribution in [2.24, 2.45) is 0 Å². The SMILES string of the molecule is [CH2]C(O)(CC)CC(C)O. The summed E-state index contributed by atoms with van der Waals surface area (Å²) in [4.78, 5) is 0. The Kier molecular flexibility index (Phi) is 3.15. The van der Waals surface area contributed by atoms with Gasteiger partial charge < -0.3 is 10.2 Å². The van der Waals surface area contributed by atoms with Gasteiger partial charge in [-0.15, -0.1) is 0 Å². The van der Waals surface area contributed by atoms with Gasteiger partial charge in [-0.05, 0) is 20.3 Å². The average molecular weight is 131 g/mol. The van der Waals surface area contributed by atoms with Gasteiger partial charge in [0.1, 0.15) is 0 Å². The first-order valence-corrected chi connectivity index (χ1v) is 3.24. The second-order valence-electron chi connectivity index (χ2n) is 2.63. The zero-order chi connectivity index (χ0) is 7.49. The molecular formula is C7H15O2. The van der Waals surface area contributed by atoms with E-state index in [1.165, 1.54) is 0 Å². The Bertz CT molecular complexity index is 77.0. The maximum atomic E-state index is 9.22. The molecule has 0 spiro atoms. The quantitative estimate of drug-likeness (QED) is 0.593. The van der Waals surface area contributed by atoms with Gasteiger partial charge in [0.05, 0.1) is 11.7 Å². The summed E-state index contributed by atoms with van der Waals surface area (Å²) in [6.07, 6.45) is 0.467. The van der Waals surface area contributed by atoms with Crippen molar-refractivity contribution < 1.29 is 10.2 Å². The van der Waals surface area contributed by atoms with Crippen molar-refractivity contribution in [3.63, 3.8) is 0 Å². The average Bonchev–Trinajstić information content (AvgIpc) is 1.63. The predicted octanol–water partition coefficient (Wildman–Crippen LogP) is 0.732. The molecule has 55 valence electrons. The van der Waals surface area contributed by atoms with Crippen LogP contribution in [0.2, 0.25) is 0 Å². The molecule has 0 saturated carbocycles. The number of rotatable bonds is 3. The van der Waals surface area contributed by atoms with E-state index in [1.807, 2.05) is 6.92 Å². The lowest BCUT2D eigenvalue weighted by Gasteiger charge is -2.22. The van der Waals surface area contributed by atoms with Crippen LogP contribution >= 0.6 is 0 Å². The minimum atomic E-state index is -0.936. The minimum Gasteiger partial charge on any atom is -0.393 e. The summed E-state index contributed by atoms with van der Waals surface area (Å²) >= 11 is 0. The van der Waals surface area contributed by atoms with Crippen LogP contribution < -0.4 is 0 Å². The van der Waals surface area contributed by atoms with Gasteiger partial charge in [-0.2, -0.15) is 0 Å². The van der Waals surface area contributed by atoms with Crippen molar-refractivity contribution in [2.75, 3.05) is 0 Å². The third kappa shape index (κ3) is 4.43. The van der Waals surface area contributed by atoms with E-state index in [9.17, 15) is 5.11 Å². The van der Waals surface area contributed by atoms with E-state index in [0.29, 0.717) is 12.8 Å². The highest BCUT2D eigenvalue weighted by molar-refractivity contribution is 4.80. The maximum absolute atomic E-state index is 9.22. The van der Waals surface area contributed by atoms with Crippen LogP contribution in [0.5, 0.6) is 0 Å². The van der Waals surface area contributed by atoms with Gasteiger partial charge in [0.2, 0.25) is 0 Å². The van der Waals surface area contributed by atoms with Crippen LogP contribution in [0.3, 0.4) is 0 Å². The monoisotopic (exact) mass is 131 g/mol. The van der Waals surface area contributed by atoms with Gasteiger partial charge in [-0.25, -0.2) is 0 Å². The van der Waals surface area contributed by atoms with E-state index < -0.39 is 11.7 Å². The van der Waals surface area contributed by atoms with Crippen molar-refractivity contribution in [2.45, 2.75) is 38.4 Å². The van der Waals surface area contributed by atoms with Crippen LogP contribution in [0.4, 0.5) is 0 Å². The highest BCUT2D eigenvalue weighted by atomic mass is 16.3. The topological polar surface area (TPSA) is 40.5 Å². The van der Waals surface area contributed by atoms with Crippen LogP contribution in [0.15, 0.2) is 0 Å². The zero-order valence-corrected chi connectivity index (χ0v) is 6.09. The zero-order valence-electron chi connectivity index (χ0n) is 6.09. The number of hydrogen-bond acceptors (Lipinski definition) is 2. The van der Waals surface area contributed by atoms with Crippen LogP contribution in [-0.4, -0.2) is 21.9 Å². The normalized spacial score (nSPS) is 21.0. The van der Waals surface area contributed by atoms with Crippen LogP contribution in [0.25, 0.3) is 0 Å². The molecule has 2 heteroatoms. The number of aliphatic hydroxyl groups excluding tert-OH is 1. The fourth-order valence-electron chi connectivity index (χ4n) is 0.694. The molecule has 0 rings (SSSR count). The van der Waals surface area contributed by atoms with Crippen molar-refractivity contribution in [1.82, 2.24) is 0 Å². The van der Waals surface area contributed by atoms with E-state index in [-0.39, 0.29) is 0 Å². The lowest BCUT2D eigenvalue weighted by atomic mass is 9.96. The van der Waals surface area contributed by atoms with Gasteiger partial charge in [0.15, 0.2) is 0 Å². The summed E-state index contributed by atoms with van der Waals surface area (Å²) in [5.41, 5.74) is -0.936. The largest absolute Gasteiger partial charge is 0.393 e. The Morgan fingerprint density at radius 1 is 1.67 bits per heavy atom. The van der Waals surface area contributed by atoms with Crippen LogP contribution in [0.1, 0.15) is 26.7 Å². The standard InChI is InChI=1S/C7H15O2/c1-4-7(3,9)5-6(2)8/h6,8-9H,3-5H2,1-2H3. The number of hydrogen-bond donors (Lipinski definition) is 2. The van der Waals surface area contributed by atoms with Crippen molar-refractivity contribution in [3.05, 3.63) is 6.92 Å². The van der Waals surface area contributed by atoms with Crippen LogP contribution in [0, 0.1) is 6.92 Å². The molecule has 0 aliphatic rings. The molecule has 1 radical (unpaired) electrons. The smallest absolute Gasteiger partial charge is 0.0670 e. The second-order valence-corrected chi connectivity index (χ2v) is 2.63. The Morgan fingerprint density at radius 2 is 2.11 bits per heavy atom. The second kappa shape index (κ2) is 3.18. The van der Waals surface area contributed by atoms with E-state index in [4.69, 9.17) is 5.11 Å². The molecule has 2 atom stereocenters. The van der Waals surface area contributed by atoms with Gasteiger partial charge in [0, 0.05) is 6.42 Å². The van der Waals surface area contributed by atoms with Crippen LogP contribution in [-0.2, 0) is 0 Å². The Morgan fingerprint density at radius 3 is 2.22 bits per heavy atom. The summed E-state index contributed by atoms with van der Waals surface area (Å²) in [5.74, 6) is 0. The van der Waals surface area contributed by atoms with E-state index in [2.05, 4.69) is 6.92 Å². The first-order chi connectivity index (χ1) is 3.98. The molecule has 0 aromatic carbocycles. The predicted molar refractivity (Wildman–Crippen MR) is 36.9 cm³/mol. The Balaban J connectivity index is 3.58. The van der Waals surface area contributed by atoms with E-state index in [0.717, 1.165) is 0 Å². The van der Waals surface area contributed by atoms with Crippen molar-refractivity contribution >= 4 is 0 Å². The Labute approximate surface area is 56.5 Å². The molecule has 0 bridgehead atoms. The molecule has 0 heterocycles. The molecule has 2 N–H and O–H groups in total. The van der Waals surface area contributed by atoms with E-state index in [1.54, 1.807) is 6.92 Å². The fourth-order valence-corrected chi connectivity index (χ4v) is 0.694. The maximum Gasteiger partial charge on any atom is 0.0670 e. The fraction of sp³-hybridized carbons (Fsp3) is 0.857. The van der Waals surface area contributed by atoms with E-state index >= 15 is 0 Å². The first-order valence-electron chi connectivity index (χ1n) is 3.24. The van der Waals surface area contributed by atoms with Crippen molar-refractivity contribution in [3.8, 4) is 0 Å². The summed E-state index contributed by atoms with van der Waals surface area (Å²) in [6, 6.07) is 0. The van der Waals surface area contributed by atoms with Gasteiger partial charge in [0.25, 0.3) is 0 Å². The molecule has 0 saturated heterocycles. The third-order valence-electron chi connectivity index (χ3n) is 1.33. The Hall–Kier alpha value is -0.0800. The molecule has 0 aromatic rings. The summed E-state index contributed by atoms with van der Waals surface area (Å²) in [7, 11) is 0. The minimum absolute atomic E-state index is 0.351. The molecule has 9 heavy (non-hydrogen) atoms. The summed E-state index contributed by atoms with van der Waals surface area (Å²) < 4.78 is 0. The summed E-state index contributed by atoms with van der Waals surface area (Å²) in [6.45, 7) is 7.01. The molecular weight excluding hydrogens is 116 g/mol. The first kappa shape index (κ1) is 8.92. The molecule has 0 aromatic heterocycles. The molecule has 2 nitrogen and oxygen atoms in total. The molecule has 0 aliphatic heterocycles. The highest BCUT2D eigenvalue weighted by Gasteiger charge is 2.19. The van der Waals surface area contributed by atoms with Gasteiger partial charge in [-0.3, -0.25) is 0 Å². The lowest BCUT2D eigenvalue weighted by Crippen LogP contribution is -2.27. The van der Waals surface area contributed by atoms with Gasteiger partial charge in [-0.1, -0.05) is 6.92 Å². The molecule has 0 amide bonds. The third-order valence-corrected chi connectivity index (χ3v) is 1.33. The van der Waals surface area contributed by atoms with Crippen molar-refractivity contribution in [1.29, 1.82) is 0 Å². The molecule has 0 fully saturated rings. The lowest BCUT2D eigenvalue weighted by molar-refractivity contribution is 0.0279. The highest BCUT2D eigenvalue weighted by Crippen LogP contribution is 2.14. The molecule has 2 unspecified atom stereocenters. The summed E-state index contributed by atoms with van der Waals surface area (Å²) in [5, 5.41) is 18.0. The number of aliphatic hydroxyl groups is 2. The van der Waals surface area contributed by atoms with Gasteiger partial charge >= 0.3 is 0 Å².